The fraction of sp³-hybridized carbons (Fsp3) is 0.294. The Labute approximate surface area is 173 Å². The second-order valence-corrected chi connectivity index (χ2v) is 7.30. The molecule has 0 radical (unpaired) electrons. The summed E-state index contributed by atoms with van der Waals surface area (Å²) in [6.07, 6.45) is -1.77. The Kier molecular flexibility index (Phi) is 5.43. The van der Waals surface area contributed by atoms with E-state index in [0.29, 0.717) is 0 Å². The minimum Gasteiger partial charge on any atom is -0.394 e. The highest BCUT2D eigenvalue weighted by Crippen LogP contribution is 2.35. The van der Waals surface area contributed by atoms with Gasteiger partial charge in [-0.3, -0.25) is 4.57 Å². The maximum atomic E-state index is 10.4. The number of nitrogens with two attached hydrogens (primary N) is 1. The molecule has 6 N–H and O–H groups in total. The second-order valence-electron chi connectivity index (χ2n) is 6.39. The smallest absolute Gasteiger partial charge is 0.228 e. The predicted molar refractivity (Wildman–Crippen MR) is 108 cm³/mol. The Morgan fingerprint density at radius 3 is 2.69 bits per heavy atom. The molecule has 4 atom stereocenters. The molecule has 0 unspecified atom stereocenters. The lowest BCUT2D eigenvalue weighted by Crippen LogP contribution is -2.33. The number of fused-ring (bicyclic) bond motifs is 1. The van der Waals surface area contributed by atoms with Crippen molar-refractivity contribution in [2.75, 3.05) is 17.8 Å². The van der Waals surface area contributed by atoms with E-state index in [2.05, 4.69) is 41.4 Å². The van der Waals surface area contributed by atoms with Crippen LogP contribution in [0, 0.1) is 0 Å². The van der Waals surface area contributed by atoms with Crippen LogP contribution in [0.5, 0.6) is 0 Å². The van der Waals surface area contributed by atoms with Gasteiger partial charge in [-0.15, -0.1) is 0 Å². The Morgan fingerprint density at radius 1 is 1.24 bits per heavy atom. The summed E-state index contributed by atoms with van der Waals surface area (Å²) in [6.45, 7) is -0.455. The topological polar surface area (TPSA) is 164 Å². The summed E-state index contributed by atoms with van der Waals surface area (Å²) >= 11 is 3.37. The predicted octanol–water partition coefficient (Wildman–Crippen LogP) is 0.228. The van der Waals surface area contributed by atoms with Gasteiger partial charge in [-0.1, -0.05) is 28.1 Å². The summed E-state index contributed by atoms with van der Waals surface area (Å²) in [4.78, 5) is 12.4. The first-order chi connectivity index (χ1) is 14.0. The van der Waals surface area contributed by atoms with Crippen molar-refractivity contribution in [1.29, 1.82) is 0 Å². The molecule has 0 amide bonds. The van der Waals surface area contributed by atoms with E-state index >= 15 is 0 Å². The summed E-state index contributed by atoms with van der Waals surface area (Å²) in [6, 6.07) is 7.50. The Bertz CT molecular complexity index is 1040. The normalized spacial score (nSPS) is 24.6. The van der Waals surface area contributed by atoms with Gasteiger partial charge in [-0.25, -0.2) is 20.4 Å². The van der Waals surface area contributed by atoms with Gasteiger partial charge in [-0.05, 0) is 17.7 Å². The molecule has 3 heterocycles. The third-order valence-electron chi connectivity index (χ3n) is 4.53. The van der Waals surface area contributed by atoms with Crippen molar-refractivity contribution in [2.45, 2.75) is 24.5 Å². The number of hydrogen-bond acceptors (Lipinski definition) is 10. The number of aliphatic hydroxyl groups is 3. The maximum absolute atomic E-state index is 10.4. The van der Waals surface area contributed by atoms with Crippen LogP contribution in [0.2, 0.25) is 0 Å². The van der Waals surface area contributed by atoms with Crippen molar-refractivity contribution in [1.82, 2.24) is 19.5 Å². The molecule has 12 heteroatoms. The van der Waals surface area contributed by atoms with Crippen molar-refractivity contribution in [2.24, 2.45) is 5.10 Å². The van der Waals surface area contributed by atoms with Gasteiger partial charge in [0, 0.05) is 4.47 Å². The van der Waals surface area contributed by atoms with Crippen LogP contribution in [0.1, 0.15) is 11.8 Å². The number of benzene rings is 1. The number of halogens is 1. The van der Waals surface area contributed by atoms with Crippen molar-refractivity contribution in [3.8, 4) is 0 Å². The zero-order valence-electron chi connectivity index (χ0n) is 14.9. The number of aliphatic hydroxyl groups excluding tert-OH is 3. The summed E-state index contributed by atoms with van der Waals surface area (Å²) in [5, 5.41) is 34.1. The monoisotopic (exact) mass is 463 g/mol. The number of hydrogen-bond donors (Lipinski definition) is 5. The summed E-state index contributed by atoms with van der Waals surface area (Å²) in [7, 11) is 0. The van der Waals surface area contributed by atoms with Crippen LogP contribution in [-0.4, -0.2) is 66.0 Å². The van der Waals surface area contributed by atoms with Gasteiger partial charge in [0.2, 0.25) is 5.95 Å². The van der Waals surface area contributed by atoms with Crippen molar-refractivity contribution in [3.05, 3.63) is 40.6 Å². The molecule has 1 fully saturated rings. The molecule has 0 bridgehead atoms. The van der Waals surface area contributed by atoms with E-state index in [1.54, 1.807) is 6.21 Å². The number of rotatable bonds is 5. The molecular formula is C17H18BrN7O4. The van der Waals surface area contributed by atoms with Crippen molar-refractivity contribution < 1.29 is 20.1 Å². The number of aromatic nitrogens is 4. The van der Waals surface area contributed by atoms with E-state index < -0.39 is 31.1 Å². The van der Waals surface area contributed by atoms with Crippen molar-refractivity contribution in [3.63, 3.8) is 0 Å². The number of hydrazone groups is 1. The molecule has 0 saturated carbocycles. The molecular weight excluding hydrogens is 446 g/mol. The molecule has 0 spiro atoms. The van der Waals surface area contributed by atoms with E-state index in [1.165, 1.54) is 10.9 Å². The van der Waals surface area contributed by atoms with Crippen LogP contribution in [0.25, 0.3) is 11.2 Å². The number of imidazole rings is 1. The average Bonchev–Trinajstić information content (AvgIpc) is 3.22. The lowest BCUT2D eigenvalue weighted by atomic mass is 10.1. The van der Waals surface area contributed by atoms with Gasteiger partial charge >= 0.3 is 0 Å². The molecule has 3 aromatic rings. The zero-order chi connectivity index (χ0) is 20.5. The molecule has 0 aliphatic carbocycles. The fourth-order valence-electron chi connectivity index (χ4n) is 3.05. The summed E-state index contributed by atoms with van der Waals surface area (Å²) in [5.41, 5.74) is 10.1. The largest absolute Gasteiger partial charge is 0.394 e. The number of nitrogens with zero attached hydrogens (tertiary/aromatic N) is 5. The van der Waals surface area contributed by atoms with Crippen molar-refractivity contribution >= 4 is 45.1 Å². The Balaban J connectivity index is 1.71. The summed E-state index contributed by atoms with van der Waals surface area (Å²) in [5.74, 6) is 0.316. The first-order valence-electron chi connectivity index (χ1n) is 8.65. The highest BCUT2D eigenvalue weighted by molar-refractivity contribution is 9.10. The van der Waals surface area contributed by atoms with Crippen LogP contribution in [0.3, 0.4) is 0 Å². The van der Waals surface area contributed by atoms with Gasteiger partial charge in [0.25, 0.3) is 0 Å². The molecule has 11 nitrogen and oxygen atoms in total. The Hall–Kier alpha value is -2.64. The molecule has 1 aliphatic rings. The van der Waals surface area contributed by atoms with E-state index in [-0.39, 0.29) is 22.9 Å². The number of ether oxygens (including phenoxy) is 1. The fourth-order valence-corrected chi connectivity index (χ4v) is 3.32. The molecule has 2 aromatic heterocycles. The van der Waals surface area contributed by atoms with Crippen LogP contribution >= 0.6 is 15.9 Å². The molecule has 1 aliphatic heterocycles. The number of nitrogens with one attached hydrogen (secondary N) is 1. The maximum Gasteiger partial charge on any atom is 0.228 e. The standard InChI is InChI=1S/C17H18BrN7O4/c18-9-3-1-8(2-4-9)5-22-24-17-23-11-14(19)20-7-21-15(11)25(17)16-13(28)12(27)10(6-26)29-16/h1-5,7,10,12-13,16,26-28H,6H2,(H,23,24)(H2,19,20,21)/t10-,12+,13+,16-/m0/s1. The van der Waals surface area contributed by atoms with E-state index in [1.807, 2.05) is 24.3 Å². The zero-order valence-corrected chi connectivity index (χ0v) is 16.5. The van der Waals surface area contributed by atoms with Crippen LogP contribution in [0.4, 0.5) is 11.8 Å². The minimum atomic E-state index is -1.32. The highest BCUT2D eigenvalue weighted by atomic mass is 79.9. The first-order valence-corrected chi connectivity index (χ1v) is 9.44. The minimum absolute atomic E-state index is 0.139. The lowest BCUT2D eigenvalue weighted by Gasteiger charge is -2.18. The van der Waals surface area contributed by atoms with E-state index in [9.17, 15) is 15.3 Å². The number of anilines is 2. The van der Waals surface area contributed by atoms with E-state index in [4.69, 9.17) is 10.5 Å². The first kappa shape index (κ1) is 19.7. The SMILES string of the molecule is Nc1ncnc2c1nc(NN=Cc1ccc(Br)cc1)n2[C@H]1O[C@@H](CO)[C@@H](O)[C@H]1O. The lowest BCUT2D eigenvalue weighted by molar-refractivity contribution is -0.0501. The van der Waals surface area contributed by atoms with Gasteiger partial charge in [0.15, 0.2) is 23.2 Å². The third kappa shape index (κ3) is 3.68. The van der Waals surface area contributed by atoms with Gasteiger partial charge in [0.05, 0.1) is 12.8 Å². The number of nitrogen functional groups attached to an aromatic ring is 1. The van der Waals surface area contributed by atoms with Crippen LogP contribution < -0.4 is 11.2 Å². The van der Waals surface area contributed by atoms with Crippen LogP contribution in [-0.2, 0) is 4.74 Å². The Morgan fingerprint density at radius 2 is 2.00 bits per heavy atom. The molecule has 29 heavy (non-hydrogen) atoms. The van der Waals surface area contributed by atoms with E-state index in [0.717, 1.165) is 10.0 Å². The van der Waals surface area contributed by atoms with Crippen LogP contribution in [0.15, 0.2) is 40.2 Å². The molecule has 1 saturated heterocycles. The second kappa shape index (κ2) is 8.00. The van der Waals surface area contributed by atoms with Gasteiger partial charge in [-0.2, -0.15) is 5.10 Å². The summed E-state index contributed by atoms with van der Waals surface area (Å²) < 4.78 is 7.99. The average molecular weight is 464 g/mol. The molecule has 4 rings (SSSR count). The third-order valence-corrected chi connectivity index (χ3v) is 5.05. The van der Waals surface area contributed by atoms with Gasteiger partial charge in [0.1, 0.15) is 24.6 Å². The van der Waals surface area contributed by atoms with Gasteiger partial charge < -0.3 is 25.8 Å². The molecule has 1 aromatic carbocycles. The molecule has 152 valence electrons. The quantitative estimate of drug-likeness (QED) is 0.263. The highest BCUT2D eigenvalue weighted by Gasteiger charge is 2.45.